The standard InChI is InChI=1S/C21H23N3O3S/c1-13(2)18(19(25)22-15-9-11-16(26-4)12-10-15)28-21-24-23-20(27-21)17-8-6-5-7-14(17)3/h5-13,18H,1-4H3,(H,22,25). The van der Waals surface area contributed by atoms with Crippen LogP contribution in [0.4, 0.5) is 5.69 Å². The number of amides is 1. The van der Waals surface area contributed by atoms with Gasteiger partial charge in [0.05, 0.1) is 12.4 Å². The molecule has 3 rings (SSSR count). The summed E-state index contributed by atoms with van der Waals surface area (Å²) in [6.07, 6.45) is 0. The summed E-state index contributed by atoms with van der Waals surface area (Å²) in [6, 6.07) is 15.0. The third kappa shape index (κ3) is 4.72. The van der Waals surface area contributed by atoms with E-state index in [0.717, 1.165) is 16.9 Å². The van der Waals surface area contributed by atoms with Crippen LogP contribution in [0.3, 0.4) is 0 Å². The van der Waals surface area contributed by atoms with Gasteiger partial charge in [-0.05, 0) is 48.7 Å². The van der Waals surface area contributed by atoms with Crippen molar-refractivity contribution >= 4 is 23.4 Å². The number of carbonyl (C=O) groups is 1. The van der Waals surface area contributed by atoms with Crippen molar-refractivity contribution < 1.29 is 13.9 Å². The van der Waals surface area contributed by atoms with Gasteiger partial charge < -0.3 is 14.5 Å². The Kier molecular flexibility index (Phi) is 6.36. The minimum Gasteiger partial charge on any atom is -0.497 e. The molecule has 1 unspecified atom stereocenters. The van der Waals surface area contributed by atoms with Gasteiger partial charge >= 0.3 is 0 Å². The largest absolute Gasteiger partial charge is 0.497 e. The zero-order valence-corrected chi connectivity index (χ0v) is 17.1. The summed E-state index contributed by atoms with van der Waals surface area (Å²) in [5.41, 5.74) is 2.66. The lowest BCUT2D eigenvalue weighted by Crippen LogP contribution is -2.29. The van der Waals surface area contributed by atoms with Crippen LogP contribution in [0.25, 0.3) is 11.5 Å². The van der Waals surface area contributed by atoms with E-state index in [1.54, 1.807) is 19.2 Å². The zero-order valence-electron chi connectivity index (χ0n) is 16.3. The van der Waals surface area contributed by atoms with E-state index >= 15 is 0 Å². The number of hydrogen-bond acceptors (Lipinski definition) is 6. The molecule has 3 aromatic rings. The second kappa shape index (κ2) is 8.93. The molecule has 0 aliphatic rings. The molecule has 2 aromatic carbocycles. The van der Waals surface area contributed by atoms with E-state index in [-0.39, 0.29) is 17.1 Å². The molecule has 7 heteroatoms. The van der Waals surface area contributed by atoms with Crippen LogP contribution < -0.4 is 10.1 Å². The van der Waals surface area contributed by atoms with Gasteiger partial charge in [-0.15, -0.1) is 10.2 Å². The van der Waals surface area contributed by atoms with E-state index < -0.39 is 0 Å². The topological polar surface area (TPSA) is 77.2 Å². The number of nitrogens with one attached hydrogen (secondary N) is 1. The molecule has 0 aliphatic heterocycles. The molecule has 1 atom stereocenters. The van der Waals surface area contributed by atoms with Crippen molar-refractivity contribution in [2.45, 2.75) is 31.2 Å². The molecular formula is C21H23N3O3S. The van der Waals surface area contributed by atoms with E-state index in [2.05, 4.69) is 15.5 Å². The van der Waals surface area contributed by atoms with Gasteiger partial charge in [-0.1, -0.05) is 43.8 Å². The SMILES string of the molecule is COc1ccc(NC(=O)C(Sc2nnc(-c3ccccc3C)o2)C(C)C)cc1. The van der Waals surface area contributed by atoms with E-state index in [1.807, 2.05) is 57.2 Å². The number of aryl methyl sites for hydroxylation is 1. The second-order valence-corrected chi connectivity index (χ2v) is 7.78. The third-order valence-corrected chi connectivity index (χ3v) is 5.61. The highest BCUT2D eigenvalue weighted by atomic mass is 32.2. The highest BCUT2D eigenvalue weighted by Gasteiger charge is 2.26. The number of hydrogen-bond donors (Lipinski definition) is 1. The van der Waals surface area contributed by atoms with Crippen molar-refractivity contribution in [1.82, 2.24) is 10.2 Å². The molecule has 1 aromatic heterocycles. The first-order chi connectivity index (χ1) is 13.5. The van der Waals surface area contributed by atoms with Crippen LogP contribution in [0, 0.1) is 12.8 Å². The fraction of sp³-hybridized carbons (Fsp3) is 0.286. The van der Waals surface area contributed by atoms with Crippen molar-refractivity contribution in [3.8, 4) is 17.2 Å². The van der Waals surface area contributed by atoms with Crippen LogP contribution >= 0.6 is 11.8 Å². The average molecular weight is 398 g/mol. The Hall–Kier alpha value is -2.80. The molecule has 0 saturated carbocycles. The molecule has 1 amide bonds. The van der Waals surface area contributed by atoms with Crippen molar-refractivity contribution in [3.05, 3.63) is 54.1 Å². The van der Waals surface area contributed by atoms with Gasteiger partial charge in [0.1, 0.15) is 5.75 Å². The fourth-order valence-corrected chi connectivity index (χ4v) is 3.54. The molecule has 146 valence electrons. The van der Waals surface area contributed by atoms with Gasteiger partial charge in [0.2, 0.25) is 11.8 Å². The Morgan fingerprint density at radius 2 is 1.82 bits per heavy atom. The number of methoxy groups -OCH3 is 1. The molecule has 0 bridgehead atoms. The summed E-state index contributed by atoms with van der Waals surface area (Å²) in [5, 5.41) is 11.2. The molecule has 0 spiro atoms. The van der Waals surface area contributed by atoms with E-state index in [0.29, 0.717) is 16.8 Å². The van der Waals surface area contributed by atoms with Crippen molar-refractivity contribution in [3.63, 3.8) is 0 Å². The normalized spacial score (nSPS) is 12.0. The van der Waals surface area contributed by atoms with Crippen LogP contribution in [-0.4, -0.2) is 28.5 Å². The lowest BCUT2D eigenvalue weighted by atomic mass is 10.1. The van der Waals surface area contributed by atoms with Crippen LogP contribution in [0.5, 0.6) is 5.75 Å². The monoisotopic (exact) mass is 397 g/mol. The number of aromatic nitrogens is 2. The van der Waals surface area contributed by atoms with Crippen LogP contribution in [-0.2, 0) is 4.79 Å². The van der Waals surface area contributed by atoms with Crippen molar-refractivity contribution in [2.24, 2.45) is 5.92 Å². The number of ether oxygens (including phenoxy) is 1. The Bertz CT molecular complexity index is 938. The molecule has 28 heavy (non-hydrogen) atoms. The predicted molar refractivity (Wildman–Crippen MR) is 111 cm³/mol. The smallest absolute Gasteiger partial charge is 0.277 e. The molecule has 0 radical (unpaired) electrons. The molecule has 1 heterocycles. The first-order valence-electron chi connectivity index (χ1n) is 8.99. The predicted octanol–water partition coefficient (Wildman–Crippen LogP) is 4.81. The van der Waals surface area contributed by atoms with Gasteiger partial charge in [0.25, 0.3) is 5.22 Å². The fourth-order valence-electron chi connectivity index (χ4n) is 2.67. The van der Waals surface area contributed by atoms with Crippen LogP contribution in [0.1, 0.15) is 19.4 Å². The number of anilines is 1. The van der Waals surface area contributed by atoms with E-state index in [1.165, 1.54) is 11.8 Å². The van der Waals surface area contributed by atoms with Gasteiger partial charge in [-0.3, -0.25) is 4.79 Å². The van der Waals surface area contributed by atoms with Crippen molar-refractivity contribution in [2.75, 3.05) is 12.4 Å². The molecule has 0 fully saturated rings. The number of carbonyl (C=O) groups excluding carboxylic acids is 1. The molecule has 0 aliphatic carbocycles. The van der Waals surface area contributed by atoms with E-state index in [4.69, 9.17) is 9.15 Å². The first kappa shape index (κ1) is 19.9. The van der Waals surface area contributed by atoms with Crippen LogP contribution in [0.2, 0.25) is 0 Å². The van der Waals surface area contributed by atoms with Gasteiger partial charge in [0, 0.05) is 11.3 Å². The highest BCUT2D eigenvalue weighted by molar-refractivity contribution is 8.00. The zero-order chi connectivity index (χ0) is 20.1. The maximum absolute atomic E-state index is 12.8. The Labute approximate surface area is 168 Å². The van der Waals surface area contributed by atoms with Crippen LogP contribution in [0.15, 0.2) is 58.2 Å². The van der Waals surface area contributed by atoms with E-state index in [9.17, 15) is 4.79 Å². The van der Waals surface area contributed by atoms with Crippen molar-refractivity contribution in [1.29, 1.82) is 0 Å². The second-order valence-electron chi connectivity index (χ2n) is 6.69. The summed E-state index contributed by atoms with van der Waals surface area (Å²) in [4.78, 5) is 12.8. The molecular weight excluding hydrogens is 374 g/mol. The summed E-state index contributed by atoms with van der Waals surface area (Å²) in [6.45, 7) is 5.97. The maximum atomic E-state index is 12.8. The van der Waals surface area contributed by atoms with Gasteiger partial charge in [-0.2, -0.15) is 0 Å². The van der Waals surface area contributed by atoms with Gasteiger partial charge in [0.15, 0.2) is 0 Å². The van der Waals surface area contributed by atoms with Gasteiger partial charge in [-0.25, -0.2) is 0 Å². The summed E-state index contributed by atoms with van der Waals surface area (Å²) in [5.74, 6) is 1.17. The summed E-state index contributed by atoms with van der Waals surface area (Å²) >= 11 is 1.28. The minimum absolute atomic E-state index is 0.0806. The number of nitrogens with zero attached hydrogens (tertiary/aromatic N) is 2. The number of thioether (sulfide) groups is 1. The summed E-state index contributed by atoms with van der Waals surface area (Å²) in [7, 11) is 1.61. The lowest BCUT2D eigenvalue weighted by Gasteiger charge is -2.18. The number of rotatable bonds is 7. The average Bonchev–Trinajstić information content (AvgIpc) is 3.15. The first-order valence-corrected chi connectivity index (χ1v) is 9.87. The number of benzene rings is 2. The highest BCUT2D eigenvalue weighted by Crippen LogP contribution is 2.31. The Morgan fingerprint density at radius 1 is 1.11 bits per heavy atom. The minimum atomic E-state index is -0.368. The lowest BCUT2D eigenvalue weighted by molar-refractivity contribution is -0.116. The molecule has 0 saturated heterocycles. The maximum Gasteiger partial charge on any atom is 0.277 e. The molecule has 6 nitrogen and oxygen atoms in total. The Balaban J connectivity index is 1.72. The summed E-state index contributed by atoms with van der Waals surface area (Å²) < 4.78 is 10.9. The Morgan fingerprint density at radius 3 is 2.46 bits per heavy atom. The quantitative estimate of drug-likeness (QED) is 0.577. The molecule has 1 N–H and O–H groups in total. The third-order valence-electron chi connectivity index (χ3n) is 4.23.